The number of phenols is 2. The Morgan fingerprint density at radius 3 is 2.19 bits per heavy atom. The van der Waals surface area contributed by atoms with Gasteiger partial charge in [0.2, 0.25) is 0 Å². The van der Waals surface area contributed by atoms with Crippen LogP contribution in [-0.2, 0) is 10.1 Å². The van der Waals surface area contributed by atoms with Crippen molar-refractivity contribution in [3.63, 3.8) is 0 Å². The Hall–Kier alpha value is -3.49. The summed E-state index contributed by atoms with van der Waals surface area (Å²) in [5.41, 5.74) is 3.29. The second-order valence-electron chi connectivity index (χ2n) is 7.99. The Morgan fingerprint density at radius 2 is 1.50 bits per heavy atom. The number of benzene rings is 4. The number of aryl methyl sites for hydroxylation is 4. The van der Waals surface area contributed by atoms with E-state index in [9.17, 15) is 23.2 Å². The monoisotopic (exact) mass is 450 g/mol. The standard InChI is InChI=1S/C24H22N2O5S/c1-12-8-14(3)20-16(9-12)10-15(4)22(24(20)28)26-25-18-11-19(32(29,30)31)17-7-5-6-13(2)21(17)23(18)27/h5-11,27-28H,1-4H3,(H,29,30,31). The molecule has 164 valence electrons. The average Bonchev–Trinajstić information content (AvgIpc) is 2.67. The summed E-state index contributed by atoms with van der Waals surface area (Å²) in [5, 5.41) is 31.8. The lowest BCUT2D eigenvalue weighted by molar-refractivity contribution is 0.478. The molecule has 0 heterocycles. The highest BCUT2D eigenvalue weighted by atomic mass is 32.2. The maximum Gasteiger partial charge on any atom is 0.295 e. The summed E-state index contributed by atoms with van der Waals surface area (Å²) in [7, 11) is -4.59. The molecule has 0 aliphatic rings. The van der Waals surface area contributed by atoms with Crippen LogP contribution >= 0.6 is 0 Å². The summed E-state index contributed by atoms with van der Waals surface area (Å²) in [5.74, 6) is -0.313. The molecule has 0 atom stereocenters. The molecule has 7 nitrogen and oxygen atoms in total. The summed E-state index contributed by atoms with van der Waals surface area (Å²) >= 11 is 0. The van der Waals surface area contributed by atoms with Gasteiger partial charge < -0.3 is 10.2 Å². The number of nitrogens with zero attached hydrogens (tertiary/aromatic N) is 2. The molecule has 4 aromatic carbocycles. The lowest BCUT2D eigenvalue weighted by Crippen LogP contribution is -1.99. The van der Waals surface area contributed by atoms with E-state index >= 15 is 0 Å². The number of aromatic hydroxyl groups is 2. The van der Waals surface area contributed by atoms with E-state index in [2.05, 4.69) is 10.2 Å². The first-order valence-electron chi connectivity index (χ1n) is 9.87. The zero-order valence-corrected chi connectivity index (χ0v) is 18.8. The van der Waals surface area contributed by atoms with Gasteiger partial charge in [0, 0.05) is 16.2 Å². The molecule has 0 spiro atoms. The molecule has 0 aliphatic carbocycles. The van der Waals surface area contributed by atoms with Gasteiger partial charge in [-0.15, -0.1) is 10.2 Å². The largest absolute Gasteiger partial charge is 0.505 e. The van der Waals surface area contributed by atoms with Crippen LogP contribution in [0.15, 0.2) is 57.6 Å². The number of rotatable bonds is 3. The second-order valence-corrected chi connectivity index (χ2v) is 9.38. The molecule has 0 amide bonds. The molecule has 0 saturated heterocycles. The van der Waals surface area contributed by atoms with Crippen LogP contribution in [0.3, 0.4) is 0 Å². The van der Waals surface area contributed by atoms with E-state index in [-0.39, 0.29) is 38.5 Å². The molecule has 0 unspecified atom stereocenters. The van der Waals surface area contributed by atoms with E-state index in [4.69, 9.17) is 0 Å². The van der Waals surface area contributed by atoms with Crippen molar-refractivity contribution in [2.24, 2.45) is 10.2 Å². The van der Waals surface area contributed by atoms with Crippen LogP contribution in [0.2, 0.25) is 0 Å². The second kappa shape index (κ2) is 7.58. The Morgan fingerprint density at radius 1 is 0.781 bits per heavy atom. The maximum absolute atomic E-state index is 12.0. The van der Waals surface area contributed by atoms with Gasteiger partial charge in [-0.1, -0.05) is 35.9 Å². The van der Waals surface area contributed by atoms with E-state index in [1.54, 1.807) is 26.0 Å². The van der Waals surface area contributed by atoms with Crippen LogP contribution in [0.5, 0.6) is 11.5 Å². The highest BCUT2D eigenvalue weighted by molar-refractivity contribution is 7.86. The van der Waals surface area contributed by atoms with Crippen molar-refractivity contribution >= 4 is 43.0 Å². The van der Waals surface area contributed by atoms with E-state index in [1.165, 1.54) is 6.07 Å². The van der Waals surface area contributed by atoms with Crippen LogP contribution in [0.1, 0.15) is 22.3 Å². The van der Waals surface area contributed by atoms with Crippen molar-refractivity contribution in [1.29, 1.82) is 0 Å². The number of fused-ring (bicyclic) bond motifs is 2. The zero-order chi connectivity index (χ0) is 23.4. The van der Waals surface area contributed by atoms with Crippen LogP contribution in [0, 0.1) is 27.7 Å². The van der Waals surface area contributed by atoms with Crippen molar-refractivity contribution in [3.05, 3.63) is 64.7 Å². The van der Waals surface area contributed by atoms with Gasteiger partial charge in [0.1, 0.15) is 16.3 Å². The van der Waals surface area contributed by atoms with Crippen molar-refractivity contribution in [1.82, 2.24) is 0 Å². The van der Waals surface area contributed by atoms with E-state index < -0.39 is 10.1 Å². The van der Waals surface area contributed by atoms with Crippen molar-refractivity contribution in [3.8, 4) is 11.5 Å². The SMILES string of the molecule is Cc1cc(C)c2c(O)c(N=Nc3cc(S(=O)(=O)O)c4cccc(C)c4c3O)c(C)cc2c1. The van der Waals surface area contributed by atoms with Gasteiger partial charge in [-0.25, -0.2) is 0 Å². The van der Waals surface area contributed by atoms with Crippen LogP contribution in [0.25, 0.3) is 21.5 Å². The minimum absolute atomic E-state index is 0.0484. The predicted molar refractivity (Wildman–Crippen MR) is 124 cm³/mol. The van der Waals surface area contributed by atoms with Gasteiger partial charge in [-0.2, -0.15) is 8.42 Å². The normalized spacial score (nSPS) is 12.3. The number of phenolic OH excluding ortho intramolecular Hbond substituents is 2. The lowest BCUT2D eigenvalue weighted by atomic mass is 9.98. The number of hydrogen-bond donors (Lipinski definition) is 3. The maximum atomic E-state index is 12.0. The zero-order valence-electron chi connectivity index (χ0n) is 18.0. The quantitative estimate of drug-likeness (QED) is 0.250. The van der Waals surface area contributed by atoms with Gasteiger partial charge >= 0.3 is 0 Å². The minimum Gasteiger partial charge on any atom is -0.505 e. The van der Waals surface area contributed by atoms with Crippen LogP contribution in [-0.4, -0.2) is 23.2 Å². The fourth-order valence-electron chi connectivity index (χ4n) is 4.15. The van der Waals surface area contributed by atoms with Crippen LogP contribution < -0.4 is 0 Å². The highest BCUT2D eigenvalue weighted by Crippen LogP contribution is 2.44. The van der Waals surface area contributed by atoms with Gasteiger partial charge in [0.05, 0.1) is 0 Å². The first kappa shape index (κ1) is 21.7. The number of hydrogen-bond acceptors (Lipinski definition) is 6. The molecule has 0 bridgehead atoms. The molecule has 4 aromatic rings. The molecule has 32 heavy (non-hydrogen) atoms. The summed E-state index contributed by atoms with van der Waals surface area (Å²) in [6, 6.07) is 11.7. The van der Waals surface area contributed by atoms with Crippen molar-refractivity contribution in [2.75, 3.05) is 0 Å². The summed E-state index contributed by atoms with van der Waals surface area (Å²) < 4.78 is 33.7. The van der Waals surface area contributed by atoms with E-state index in [0.29, 0.717) is 16.5 Å². The summed E-state index contributed by atoms with van der Waals surface area (Å²) in [4.78, 5) is -0.381. The fraction of sp³-hybridized carbons (Fsp3) is 0.167. The minimum atomic E-state index is -4.59. The van der Waals surface area contributed by atoms with E-state index in [1.807, 2.05) is 32.0 Å². The highest BCUT2D eigenvalue weighted by Gasteiger charge is 2.21. The average molecular weight is 451 g/mol. The Balaban J connectivity index is 1.97. The molecule has 0 radical (unpaired) electrons. The van der Waals surface area contributed by atoms with Gasteiger partial charge in [-0.05, 0) is 61.9 Å². The van der Waals surface area contributed by atoms with Crippen molar-refractivity contribution < 1.29 is 23.2 Å². The Kier molecular flexibility index (Phi) is 5.15. The third kappa shape index (κ3) is 3.57. The molecule has 0 fully saturated rings. The van der Waals surface area contributed by atoms with Gasteiger partial charge in [-0.3, -0.25) is 4.55 Å². The molecule has 0 aliphatic heterocycles. The lowest BCUT2D eigenvalue weighted by Gasteiger charge is -2.12. The first-order chi connectivity index (χ1) is 15.0. The number of azo groups is 1. The third-order valence-corrected chi connectivity index (χ3v) is 6.43. The summed E-state index contributed by atoms with van der Waals surface area (Å²) in [6.45, 7) is 7.35. The van der Waals surface area contributed by atoms with Gasteiger partial charge in [0.25, 0.3) is 10.1 Å². The predicted octanol–water partition coefficient (Wildman–Crippen LogP) is 6.30. The van der Waals surface area contributed by atoms with E-state index in [0.717, 1.165) is 22.6 Å². The molecule has 3 N–H and O–H groups in total. The summed E-state index contributed by atoms with van der Waals surface area (Å²) in [6.07, 6.45) is 0. The molecule has 0 aromatic heterocycles. The van der Waals surface area contributed by atoms with Crippen molar-refractivity contribution in [2.45, 2.75) is 32.6 Å². The van der Waals surface area contributed by atoms with Crippen LogP contribution in [0.4, 0.5) is 11.4 Å². The topological polar surface area (TPSA) is 120 Å². The molecule has 4 rings (SSSR count). The Bertz CT molecular complexity index is 1560. The van der Waals surface area contributed by atoms with Gasteiger partial charge in [0.15, 0.2) is 11.5 Å². The third-order valence-electron chi connectivity index (χ3n) is 5.54. The smallest absolute Gasteiger partial charge is 0.295 e. The molecule has 8 heteroatoms. The first-order valence-corrected chi connectivity index (χ1v) is 11.3. The Labute approximate surface area is 185 Å². The molecular weight excluding hydrogens is 428 g/mol. The fourth-order valence-corrected chi connectivity index (χ4v) is 4.86. The molecular formula is C24H22N2O5S. The molecule has 0 saturated carbocycles.